The normalized spacial score (nSPS) is 24.2. The minimum absolute atomic E-state index is 0.0123. The molecule has 2 aromatic heterocycles. The minimum atomic E-state index is -0.258. The molecule has 6 nitrogen and oxygen atoms in total. The Morgan fingerprint density at radius 3 is 2.83 bits per heavy atom. The van der Waals surface area contributed by atoms with Crippen molar-refractivity contribution in [1.29, 1.82) is 0 Å². The van der Waals surface area contributed by atoms with Crippen LogP contribution in [0.4, 0.5) is 4.39 Å². The van der Waals surface area contributed by atoms with E-state index in [2.05, 4.69) is 15.0 Å². The lowest BCUT2D eigenvalue weighted by atomic mass is 9.89. The summed E-state index contributed by atoms with van der Waals surface area (Å²) >= 11 is 0. The summed E-state index contributed by atoms with van der Waals surface area (Å²) in [5.41, 5.74) is 1.47. The molecule has 0 spiro atoms. The van der Waals surface area contributed by atoms with Crippen LogP contribution in [0, 0.1) is 17.7 Å². The highest BCUT2D eigenvalue weighted by molar-refractivity contribution is 5.93. The summed E-state index contributed by atoms with van der Waals surface area (Å²) in [5.74, 6) is 0.418. The Morgan fingerprint density at radius 1 is 1.14 bits per heavy atom. The van der Waals surface area contributed by atoms with E-state index in [1.165, 1.54) is 6.07 Å². The van der Waals surface area contributed by atoms with Gasteiger partial charge in [-0.25, -0.2) is 4.39 Å². The minimum Gasteiger partial charge on any atom is -0.357 e. The number of H-pyrrole nitrogens is 1. The summed E-state index contributed by atoms with van der Waals surface area (Å²) in [6, 6.07) is 12.2. The van der Waals surface area contributed by atoms with E-state index in [9.17, 15) is 9.18 Å². The number of nitrogens with one attached hydrogen (secondary N) is 1. The lowest BCUT2D eigenvalue weighted by molar-refractivity contribution is 0.0694. The Labute approximate surface area is 168 Å². The fraction of sp³-hybridized carbons (Fsp3) is 0.364. The molecule has 4 heterocycles. The first kappa shape index (κ1) is 18.1. The van der Waals surface area contributed by atoms with E-state index in [-0.39, 0.29) is 17.8 Å². The van der Waals surface area contributed by atoms with E-state index in [1.54, 1.807) is 30.6 Å². The lowest BCUT2D eigenvalue weighted by Crippen LogP contribution is -2.36. The van der Waals surface area contributed by atoms with Gasteiger partial charge in [0.15, 0.2) is 0 Å². The molecule has 2 aliphatic rings. The number of aromatic amines is 1. The number of aromatic nitrogens is 3. The van der Waals surface area contributed by atoms with Crippen LogP contribution >= 0.6 is 0 Å². The molecule has 150 valence electrons. The Morgan fingerprint density at radius 2 is 2.07 bits per heavy atom. The van der Waals surface area contributed by atoms with Crippen LogP contribution in [0.1, 0.15) is 22.1 Å². The zero-order valence-electron chi connectivity index (χ0n) is 16.1. The number of likely N-dealkylation sites (tertiary alicyclic amines) is 2. The first-order chi connectivity index (χ1) is 14.2. The van der Waals surface area contributed by atoms with Crippen molar-refractivity contribution in [3.05, 3.63) is 78.1 Å². The molecule has 3 aromatic rings. The second kappa shape index (κ2) is 7.48. The molecule has 2 fully saturated rings. The molecule has 3 atom stereocenters. The lowest BCUT2D eigenvalue weighted by Gasteiger charge is -2.29. The third kappa shape index (κ3) is 3.46. The number of benzene rings is 1. The average molecular weight is 393 g/mol. The second-order valence-corrected chi connectivity index (χ2v) is 7.99. The number of amides is 1. The van der Waals surface area contributed by atoms with Crippen LogP contribution in [0.15, 0.2) is 61.1 Å². The Hall–Kier alpha value is -2.93. The topological polar surface area (TPSA) is 57.2 Å². The van der Waals surface area contributed by atoms with Gasteiger partial charge in [0.05, 0.1) is 12.6 Å². The van der Waals surface area contributed by atoms with Gasteiger partial charge in [-0.3, -0.25) is 9.48 Å². The van der Waals surface area contributed by atoms with Gasteiger partial charge in [0, 0.05) is 50.7 Å². The molecule has 0 unspecified atom stereocenters. The fourth-order valence-corrected chi connectivity index (χ4v) is 4.94. The molecular weight excluding hydrogens is 369 g/mol. The van der Waals surface area contributed by atoms with Gasteiger partial charge < -0.3 is 14.8 Å². The quantitative estimate of drug-likeness (QED) is 0.725. The van der Waals surface area contributed by atoms with E-state index in [1.807, 2.05) is 34.0 Å². The van der Waals surface area contributed by atoms with Gasteiger partial charge in [-0.05, 0) is 41.8 Å². The first-order valence-electron chi connectivity index (χ1n) is 10.1. The van der Waals surface area contributed by atoms with Crippen LogP contribution in [-0.4, -0.2) is 56.7 Å². The number of nitrogens with zero attached hydrogens (tertiary/aromatic N) is 4. The number of hydrogen-bond acceptors (Lipinski definition) is 3. The summed E-state index contributed by atoms with van der Waals surface area (Å²) in [7, 11) is 0. The maximum absolute atomic E-state index is 14.0. The molecule has 0 aliphatic carbocycles. The molecule has 0 saturated carbocycles. The zero-order valence-corrected chi connectivity index (χ0v) is 16.1. The summed E-state index contributed by atoms with van der Waals surface area (Å²) in [5, 5.41) is 4.28. The summed E-state index contributed by atoms with van der Waals surface area (Å²) in [4.78, 5) is 20.5. The predicted octanol–water partition coefficient (Wildman–Crippen LogP) is 2.80. The predicted molar refractivity (Wildman–Crippen MR) is 107 cm³/mol. The molecule has 5 rings (SSSR count). The SMILES string of the molecule is O=C(c1ccc[nH]1)N1C[C@@H]2CN(CCn3cccn3)C[C@@H]2[C@H]1c1cccc(F)c1. The molecular formula is C22H24FN5O. The number of carbonyl (C=O) groups is 1. The van der Waals surface area contributed by atoms with Gasteiger partial charge in [0.25, 0.3) is 5.91 Å². The monoisotopic (exact) mass is 393 g/mol. The van der Waals surface area contributed by atoms with Gasteiger partial charge in [-0.15, -0.1) is 0 Å². The highest BCUT2D eigenvalue weighted by atomic mass is 19.1. The summed E-state index contributed by atoms with van der Waals surface area (Å²) in [6.45, 7) is 4.33. The highest BCUT2D eigenvalue weighted by Crippen LogP contribution is 2.45. The molecule has 1 N–H and O–H groups in total. The Balaban J connectivity index is 1.38. The number of halogens is 1. The molecule has 1 aromatic carbocycles. The first-order valence-corrected chi connectivity index (χ1v) is 10.1. The zero-order chi connectivity index (χ0) is 19.8. The third-order valence-electron chi connectivity index (χ3n) is 6.22. The van der Waals surface area contributed by atoms with Crippen molar-refractivity contribution in [3.8, 4) is 0 Å². The van der Waals surface area contributed by atoms with E-state index >= 15 is 0 Å². The van der Waals surface area contributed by atoms with Gasteiger partial charge >= 0.3 is 0 Å². The molecule has 0 radical (unpaired) electrons. The molecule has 7 heteroatoms. The second-order valence-electron chi connectivity index (χ2n) is 7.99. The van der Waals surface area contributed by atoms with E-state index < -0.39 is 0 Å². The standard InChI is InChI=1S/C22H24FN5O/c23-18-5-1-4-16(12-18)21-19-15-26(10-11-27-9-3-8-25-27)13-17(19)14-28(21)22(29)20-6-2-7-24-20/h1-9,12,17,19,21,24H,10-11,13-15H2/t17-,19-,21+/m0/s1. The van der Waals surface area contributed by atoms with E-state index in [4.69, 9.17) is 0 Å². The fourth-order valence-electron chi connectivity index (χ4n) is 4.94. The van der Waals surface area contributed by atoms with Crippen molar-refractivity contribution in [1.82, 2.24) is 24.6 Å². The third-order valence-corrected chi connectivity index (χ3v) is 6.22. The van der Waals surface area contributed by atoms with Crippen LogP contribution in [0.3, 0.4) is 0 Å². The molecule has 2 aliphatic heterocycles. The highest BCUT2D eigenvalue weighted by Gasteiger charge is 2.49. The van der Waals surface area contributed by atoms with Crippen molar-refractivity contribution < 1.29 is 9.18 Å². The van der Waals surface area contributed by atoms with Crippen LogP contribution < -0.4 is 0 Å². The molecule has 0 bridgehead atoms. The largest absolute Gasteiger partial charge is 0.357 e. The van der Waals surface area contributed by atoms with Gasteiger partial charge in [-0.1, -0.05) is 12.1 Å². The maximum atomic E-state index is 14.0. The number of rotatable bonds is 5. The van der Waals surface area contributed by atoms with Crippen LogP contribution in [0.5, 0.6) is 0 Å². The van der Waals surface area contributed by atoms with Crippen molar-refractivity contribution >= 4 is 5.91 Å². The summed E-state index contributed by atoms with van der Waals surface area (Å²) < 4.78 is 15.9. The number of carbonyl (C=O) groups excluding carboxylic acids is 1. The van der Waals surface area contributed by atoms with E-state index in [0.717, 1.165) is 31.7 Å². The average Bonchev–Trinajstić information content (AvgIpc) is 3.50. The van der Waals surface area contributed by atoms with Crippen LogP contribution in [0.25, 0.3) is 0 Å². The molecule has 1 amide bonds. The maximum Gasteiger partial charge on any atom is 0.270 e. The van der Waals surface area contributed by atoms with Gasteiger partial charge in [0.2, 0.25) is 0 Å². The van der Waals surface area contributed by atoms with Crippen molar-refractivity contribution in [3.63, 3.8) is 0 Å². The number of fused-ring (bicyclic) bond motifs is 1. The summed E-state index contributed by atoms with van der Waals surface area (Å²) in [6.07, 6.45) is 5.53. The van der Waals surface area contributed by atoms with Crippen LogP contribution in [-0.2, 0) is 6.54 Å². The van der Waals surface area contributed by atoms with E-state index in [0.29, 0.717) is 24.1 Å². The number of hydrogen-bond donors (Lipinski definition) is 1. The van der Waals surface area contributed by atoms with Crippen molar-refractivity contribution in [2.75, 3.05) is 26.2 Å². The van der Waals surface area contributed by atoms with Gasteiger partial charge in [-0.2, -0.15) is 5.10 Å². The van der Waals surface area contributed by atoms with Crippen molar-refractivity contribution in [2.45, 2.75) is 12.6 Å². The van der Waals surface area contributed by atoms with Gasteiger partial charge in [0.1, 0.15) is 11.5 Å². The Kier molecular flexibility index (Phi) is 4.67. The smallest absolute Gasteiger partial charge is 0.270 e. The molecule has 29 heavy (non-hydrogen) atoms. The van der Waals surface area contributed by atoms with Crippen LogP contribution in [0.2, 0.25) is 0 Å². The van der Waals surface area contributed by atoms with Crippen molar-refractivity contribution in [2.24, 2.45) is 11.8 Å². The molecule has 2 saturated heterocycles. The Bertz CT molecular complexity index is 971.